The number of primary amides is 1. The van der Waals surface area contributed by atoms with Crippen LogP contribution in [0, 0.1) is 5.82 Å². The number of carbonyl (C=O) groups is 1. The van der Waals surface area contributed by atoms with Crippen LogP contribution in [0.2, 0.25) is 0 Å². The number of aromatic nitrogens is 4. The van der Waals surface area contributed by atoms with E-state index in [1.807, 2.05) is 6.07 Å². The van der Waals surface area contributed by atoms with Gasteiger partial charge in [0.15, 0.2) is 0 Å². The van der Waals surface area contributed by atoms with Gasteiger partial charge >= 0.3 is 0 Å². The quantitative estimate of drug-likeness (QED) is 0.375. The van der Waals surface area contributed by atoms with Crippen LogP contribution in [0.15, 0.2) is 54.9 Å². The molecule has 1 aromatic carbocycles. The maximum absolute atomic E-state index is 13.6. The summed E-state index contributed by atoms with van der Waals surface area (Å²) in [5, 5.41) is 8.03. The molecule has 0 aliphatic carbocycles. The average Bonchev–Trinajstić information content (AvgIpc) is 3.27. The Labute approximate surface area is 203 Å². The highest BCUT2D eigenvalue weighted by Crippen LogP contribution is 2.34. The molecule has 0 spiro atoms. The first-order valence-corrected chi connectivity index (χ1v) is 12.0. The Hall–Kier alpha value is -3.85. The zero-order valence-electron chi connectivity index (χ0n) is 19.5. The number of piperidine rings is 1. The van der Waals surface area contributed by atoms with Gasteiger partial charge in [0.2, 0.25) is 11.9 Å². The van der Waals surface area contributed by atoms with Crippen molar-refractivity contribution < 1.29 is 9.18 Å². The van der Waals surface area contributed by atoms with Gasteiger partial charge in [0, 0.05) is 24.5 Å². The number of likely N-dealkylation sites (tertiary alicyclic amines) is 1. The summed E-state index contributed by atoms with van der Waals surface area (Å²) in [5.74, 6) is -0.321. The molecule has 8 nitrogen and oxygen atoms in total. The monoisotopic (exact) mass is 473 g/mol. The molecule has 4 aromatic rings. The number of hydrogen-bond donors (Lipinski definition) is 2. The standard InChI is InChI=1S/C26H28FN7O/c27-20-8-5-18(6-9-20)24-23(22-10-7-19(25(28)35)17-34(22)32-24)21-11-13-30-26(31-21)29-12-4-16-33-14-2-1-3-15-33/h5-11,13,17H,1-4,12,14-16H2,(H2,28,35)(H,29,30,31). The van der Waals surface area contributed by atoms with Crippen molar-refractivity contribution in [3.05, 3.63) is 66.2 Å². The van der Waals surface area contributed by atoms with E-state index in [1.54, 1.807) is 41.2 Å². The van der Waals surface area contributed by atoms with Gasteiger partial charge in [-0.2, -0.15) is 5.10 Å². The van der Waals surface area contributed by atoms with Gasteiger partial charge in [0.25, 0.3) is 0 Å². The van der Waals surface area contributed by atoms with Crippen LogP contribution in [-0.4, -0.2) is 56.6 Å². The van der Waals surface area contributed by atoms with Crippen molar-refractivity contribution in [2.75, 3.05) is 31.5 Å². The number of nitrogens with one attached hydrogen (secondary N) is 1. The zero-order valence-corrected chi connectivity index (χ0v) is 19.5. The molecule has 0 radical (unpaired) electrons. The van der Waals surface area contributed by atoms with Gasteiger partial charge in [-0.15, -0.1) is 0 Å². The molecule has 1 amide bonds. The van der Waals surface area contributed by atoms with Gasteiger partial charge in [-0.1, -0.05) is 6.42 Å². The van der Waals surface area contributed by atoms with Crippen molar-refractivity contribution in [2.24, 2.45) is 5.73 Å². The first-order chi connectivity index (χ1) is 17.1. The smallest absolute Gasteiger partial charge is 0.250 e. The van der Waals surface area contributed by atoms with Crippen LogP contribution >= 0.6 is 0 Å². The molecule has 0 unspecified atom stereocenters. The summed E-state index contributed by atoms with van der Waals surface area (Å²) >= 11 is 0. The van der Waals surface area contributed by atoms with E-state index in [-0.39, 0.29) is 5.82 Å². The van der Waals surface area contributed by atoms with Crippen LogP contribution in [0.4, 0.5) is 10.3 Å². The molecule has 3 N–H and O–H groups in total. The Morgan fingerprint density at radius 3 is 2.63 bits per heavy atom. The van der Waals surface area contributed by atoms with E-state index in [9.17, 15) is 9.18 Å². The van der Waals surface area contributed by atoms with Crippen LogP contribution in [0.1, 0.15) is 36.0 Å². The Balaban J connectivity index is 1.44. The minimum Gasteiger partial charge on any atom is -0.366 e. The number of carbonyl (C=O) groups excluding carboxylic acids is 1. The third-order valence-corrected chi connectivity index (χ3v) is 6.33. The molecule has 0 bridgehead atoms. The molecular weight excluding hydrogens is 445 g/mol. The fraction of sp³-hybridized carbons (Fsp3) is 0.308. The van der Waals surface area contributed by atoms with E-state index in [2.05, 4.69) is 20.3 Å². The van der Waals surface area contributed by atoms with Gasteiger partial charge in [-0.05, 0) is 81.4 Å². The van der Waals surface area contributed by atoms with Gasteiger partial charge in [-0.25, -0.2) is 18.9 Å². The van der Waals surface area contributed by atoms with Gasteiger partial charge < -0.3 is 16.0 Å². The highest BCUT2D eigenvalue weighted by molar-refractivity contribution is 5.95. The number of nitrogens with zero attached hydrogens (tertiary/aromatic N) is 5. The number of fused-ring (bicyclic) bond motifs is 1. The Bertz CT molecular complexity index is 1330. The fourth-order valence-electron chi connectivity index (χ4n) is 4.53. The minimum absolute atomic E-state index is 0.326. The predicted molar refractivity (Wildman–Crippen MR) is 134 cm³/mol. The van der Waals surface area contributed by atoms with E-state index in [1.165, 1.54) is 44.5 Å². The van der Waals surface area contributed by atoms with Crippen LogP contribution in [0.5, 0.6) is 0 Å². The highest BCUT2D eigenvalue weighted by Gasteiger charge is 2.19. The van der Waals surface area contributed by atoms with E-state index < -0.39 is 5.91 Å². The van der Waals surface area contributed by atoms with E-state index >= 15 is 0 Å². The molecule has 1 saturated heterocycles. The maximum Gasteiger partial charge on any atom is 0.250 e. The third kappa shape index (κ3) is 5.14. The highest BCUT2D eigenvalue weighted by atomic mass is 19.1. The molecule has 1 fully saturated rings. The molecule has 3 aromatic heterocycles. The van der Waals surface area contributed by atoms with Crippen LogP contribution < -0.4 is 11.1 Å². The number of rotatable bonds is 8. The number of benzene rings is 1. The van der Waals surface area contributed by atoms with Crippen molar-refractivity contribution in [1.82, 2.24) is 24.5 Å². The summed E-state index contributed by atoms with van der Waals surface area (Å²) in [6.45, 7) is 4.22. The second-order valence-corrected chi connectivity index (χ2v) is 8.79. The Kier molecular flexibility index (Phi) is 6.67. The summed E-state index contributed by atoms with van der Waals surface area (Å²) < 4.78 is 15.2. The molecule has 0 saturated carbocycles. The van der Waals surface area contributed by atoms with Gasteiger partial charge in [0.1, 0.15) is 11.5 Å². The summed E-state index contributed by atoms with van der Waals surface area (Å²) in [6.07, 6.45) is 8.23. The first-order valence-electron chi connectivity index (χ1n) is 12.0. The summed E-state index contributed by atoms with van der Waals surface area (Å²) in [7, 11) is 0. The van der Waals surface area contributed by atoms with Gasteiger partial charge in [-0.3, -0.25) is 4.79 Å². The maximum atomic E-state index is 13.6. The van der Waals surface area contributed by atoms with Crippen molar-refractivity contribution in [3.8, 4) is 22.5 Å². The largest absolute Gasteiger partial charge is 0.366 e. The molecule has 9 heteroatoms. The van der Waals surface area contributed by atoms with Crippen molar-refractivity contribution in [2.45, 2.75) is 25.7 Å². The number of nitrogens with two attached hydrogens (primary N) is 1. The number of anilines is 1. The lowest BCUT2D eigenvalue weighted by Gasteiger charge is -2.26. The van der Waals surface area contributed by atoms with Crippen molar-refractivity contribution in [1.29, 1.82) is 0 Å². The minimum atomic E-state index is -0.537. The number of halogens is 1. The van der Waals surface area contributed by atoms with E-state index in [4.69, 9.17) is 10.7 Å². The molecule has 1 aliphatic heterocycles. The molecule has 1 aliphatic rings. The summed E-state index contributed by atoms with van der Waals surface area (Å²) in [5.41, 5.74) is 9.37. The molecule has 0 atom stereocenters. The lowest BCUT2D eigenvalue weighted by molar-refractivity contribution is 0.0999. The lowest BCUT2D eigenvalue weighted by atomic mass is 10.0. The average molecular weight is 474 g/mol. The van der Waals surface area contributed by atoms with Crippen molar-refractivity contribution in [3.63, 3.8) is 0 Å². The third-order valence-electron chi connectivity index (χ3n) is 6.33. The second kappa shape index (κ2) is 10.2. The number of amides is 1. The Morgan fingerprint density at radius 1 is 1.06 bits per heavy atom. The second-order valence-electron chi connectivity index (χ2n) is 8.79. The molecule has 180 valence electrons. The van der Waals surface area contributed by atoms with Crippen LogP contribution in [-0.2, 0) is 0 Å². The fourth-order valence-corrected chi connectivity index (χ4v) is 4.53. The molecule has 35 heavy (non-hydrogen) atoms. The normalized spacial score (nSPS) is 14.3. The number of pyridine rings is 1. The topological polar surface area (TPSA) is 101 Å². The molecule has 5 rings (SSSR count). The summed E-state index contributed by atoms with van der Waals surface area (Å²) in [4.78, 5) is 23.4. The van der Waals surface area contributed by atoms with E-state index in [0.717, 1.165) is 36.2 Å². The SMILES string of the molecule is NC(=O)c1ccc2c(-c3ccnc(NCCCN4CCCCC4)n3)c(-c3ccc(F)cc3)nn2c1. The predicted octanol–water partition coefficient (Wildman–Crippen LogP) is 3.98. The van der Waals surface area contributed by atoms with Crippen LogP contribution in [0.3, 0.4) is 0 Å². The Morgan fingerprint density at radius 2 is 1.86 bits per heavy atom. The number of hydrogen-bond acceptors (Lipinski definition) is 6. The summed E-state index contributed by atoms with van der Waals surface area (Å²) in [6, 6.07) is 11.4. The van der Waals surface area contributed by atoms with E-state index in [0.29, 0.717) is 22.9 Å². The van der Waals surface area contributed by atoms with Gasteiger partial charge in [0.05, 0.1) is 22.3 Å². The van der Waals surface area contributed by atoms with Crippen LogP contribution in [0.25, 0.3) is 28.0 Å². The first kappa shape index (κ1) is 22.9. The lowest BCUT2D eigenvalue weighted by Crippen LogP contribution is -2.31. The zero-order chi connectivity index (χ0) is 24.2. The van der Waals surface area contributed by atoms with Crippen molar-refractivity contribution >= 4 is 17.4 Å². The molecule has 4 heterocycles. The molecular formula is C26H28FN7O.